The quantitative estimate of drug-likeness (QED) is 0.327. The molecule has 1 aliphatic heterocycles. The molecule has 0 amide bonds. The van der Waals surface area contributed by atoms with Crippen molar-refractivity contribution in [1.82, 2.24) is 19.7 Å². The van der Waals surface area contributed by atoms with E-state index >= 15 is 0 Å². The first-order chi connectivity index (χ1) is 17.6. The van der Waals surface area contributed by atoms with E-state index in [2.05, 4.69) is 64.2 Å². The molecule has 10 heteroatoms. The summed E-state index contributed by atoms with van der Waals surface area (Å²) in [6.07, 6.45) is 12.5. The number of ether oxygens (including phenoxy) is 1. The highest BCUT2D eigenvalue weighted by Gasteiger charge is 2.26. The smallest absolute Gasteiger partial charge is 0.227 e. The van der Waals surface area contributed by atoms with Crippen molar-refractivity contribution in [3.63, 3.8) is 0 Å². The Morgan fingerprint density at radius 3 is 2.53 bits per heavy atom. The van der Waals surface area contributed by atoms with Gasteiger partial charge in [-0.05, 0) is 61.9 Å². The summed E-state index contributed by atoms with van der Waals surface area (Å²) in [4.78, 5) is 19.8. The van der Waals surface area contributed by atoms with Crippen LogP contribution in [0.25, 0.3) is 11.3 Å². The van der Waals surface area contributed by atoms with Crippen molar-refractivity contribution in [2.75, 3.05) is 36.5 Å². The number of nitrogens with one attached hydrogen (secondary N) is 1. The fourth-order valence-electron chi connectivity index (χ4n) is 5.22. The highest BCUT2D eigenvalue weighted by Crippen LogP contribution is 2.36. The van der Waals surface area contributed by atoms with Crippen LogP contribution in [0.1, 0.15) is 50.6 Å². The normalized spacial score (nSPS) is 16.8. The predicted molar refractivity (Wildman–Crippen MR) is 140 cm³/mol. The van der Waals surface area contributed by atoms with Crippen molar-refractivity contribution >= 4 is 17.3 Å². The lowest BCUT2D eigenvalue weighted by molar-refractivity contribution is 0.122. The fraction of sp³-hybridized carbons (Fsp3) is 0.500. The van der Waals surface area contributed by atoms with Gasteiger partial charge in [0, 0.05) is 42.4 Å². The maximum absolute atomic E-state index is 8.11. The molecule has 3 heterocycles. The van der Waals surface area contributed by atoms with E-state index in [1.807, 2.05) is 12.4 Å². The Morgan fingerprint density at radius 2 is 1.86 bits per heavy atom. The summed E-state index contributed by atoms with van der Waals surface area (Å²) in [7, 11) is 0. The summed E-state index contributed by atoms with van der Waals surface area (Å²) in [5, 5.41) is 16.0. The van der Waals surface area contributed by atoms with Gasteiger partial charge in [0.25, 0.3) is 0 Å². The molecule has 36 heavy (non-hydrogen) atoms. The molecule has 2 fully saturated rings. The van der Waals surface area contributed by atoms with Gasteiger partial charge in [-0.15, -0.1) is 4.91 Å². The number of aryl methyl sites for hydroxylation is 1. The van der Waals surface area contributed by atoms with Crippen LogP contribution in [-0.2, 0) is 4.74 Å². The summed E-state index contributed by atoms with van der Waals surface area (Å²) in [6.45, 7) is 7.77. The van der Waals surface area contributed by atoms with Crippen LogP contribution in [0, 0.1) is 17.7 Å². The lowest BCUT2D eigenvalue weighted by Gasteiger charge is -2.28. The third-order valence-electron chi connectivity index (χ3n) is 7.05. The molecule has 1 saturated heterocycles. The Labute approximate surface area is 211 Å². The van der Waals surface area contributed by atoms with Gasteiger partial charge in [0.15, 0.2) is 5.34 Å². The van der Waals surface area contributed by atoms with E-state index in [-0.39, 0.29) is 0 Å². The molecular weight excluding hydrogens is 458 g/mol. The number of hydrogen-bond donors (Lipinski definition) is 2. The minimum absolute atomic E-state index is 0.478. The minimum Gasteiger partial charge on any atom is -0.379 e. The Balaban J connectivity index is 0.000000967. The number of anilines is 3. The molecule has 2 aliphatic rings. The molecule has 0 radical (unpaired) electrons. The molecule has 1 atom stereocenters. The lowest BCUT2D eigenvalue weighted by Crippen LogP contribution is -2.36. The van der Waals surface area contributed by atoms with E-state index in [1.54, 1.807) is 0 Å². The summed E-state index contributed by atoms with van der Waals surface area (Å²) >= 11 is 0. The molecule has 0 spiro atoms. The standard InChI is InChI=1S/C26H34N6O.HNO2/c1-3-24(20-6-4-5-7-20)32-18-21(17-28-32)25-19(2)16-27-26(30-25)29-22-8-10-23(11-9-22)31-12-14-33-15-13-31;2-1-3/h8-11,16-18,20,24H,3-7,12-15H2,1-2H3,(H,27,29,30);(H,2,3). The topological polar surface area (TPSA) is 118 Å². The van der Waals surface area contributed by atoms with Crippen LogP contribution in [0.3, 0.4) is 0 Å². The number of benzene rings is 1. The van der Waals surface area contributed by atoms with Gasteiger partial charge in [-0.2, -0.15) is 5.10 Å². The maximum Gasteiger partial charge on any atom is 0.227 e. The molecule has 1 saturated carbocycles. The van der Waals surface area contributed by atoms with Gasteiger partial charge in [-0.1, -0.05) is 19.8 Å². The van der Waals surface area contributed by atoms with E-state index in [1.165, 1.54) is 36.7 Å². The molecule has 3 aromatic rings. The maximum atomic E-state index is 8.11. The molecule has 0 bridgehead atoms. The SMILES string of the molecule is CCC(C1CCCC1)n1cc(-c2nc(Nc3ccc(N4CCOCC4)cc3)ncc2C)cn1.O=NO. The van der Waals surface area contributed by atoms with Crippen LogP contribution >= 0.6 is 0 Å². The highest BCUT2D eigenvalue weighted by atomic mass is 16.6. The summed E-state index contributed by atoms with van der Waals surface area (Å²) in [5.41, 5.74) is 5.23. The number of rotatable bonds is 7. The van der Waals surface area contributed by atoms with Gasteiger partial charge in [-0.3, -0.25) is 4.68 Å². The zero-order chi connectivity index (χ0) is 25.3. The molecule has 2 N–H and O–H groups in total. The summed E-state index contributed by atoms with van der Waals surface area (Å²) in [5.74, 6) is 1.34. The third kappa shape index (κ3) is 6.17. The first-order valence-corrected chi connectivity index (χ1v) is 12.7. The van der Waals surface area contributed by atoms with Crippen LogP contribution in [0.15, 0.2) is 48.2 Å². The van der Waals surface area contributed by atoms with E-state index in [0.717, 1.165) is 61.2 Å². The molecule has 5 rings (SSSR count). The Hall–Kier alpha value is -3.53. The van der Waals surface area contributed by atoms with Crippen LogP contribution in [0.5, 0.6) is 0 Å². The lowest BCUT2D eigenvalue weighted by atomic mass is 9.96. The first-order valence-electron chi connectivity index (χ1n) is 12.7. The van der Waals surface area contributed by atoms with Crippen molar-refractivity contribution in [2.24, 2.45) is 11.3 Å². The van der Waals surface area contributed by atoms with Gasteiger partial charge >= 0.3 is 0 Å². The van der Waals surface area contributed by atoms with E-state index < -0.39 is 0 Å². The molecule has 192 valence electrons. The second-order valence-electron chi connectivity index (χ2n) is 9.31. The second-order valence-corrected chi connectivity index (χ2v) is 9.31. The van der Waals surface area contributed by atoms with Crippen LogP contribution < -0.4 is 10.2 Å². The van der Waals surface area contributed by atoms with E-state index in [9.17, 15) is 0 Å². The first kappa shape index (κ1) is 25.6. The predicted octanol–water partition coefficient (Wildman–Crippen LogP) is 5.51. The summed E-state index contributed by atoms with van der Waals surface area (Å²) < 4.78 is 7.62. The van der Waals surface area contributed by atoms with Crippen molar-refractivity contribution in [3.8, 4) is 11.3 Å². The number of morpholine rings is 1. The van der Waals surface area contributed by atoms with Gasteiger partial charge in [0.1, 0.15) is 0 Å². The zero-order valence-corrected chi connectivity index (χ0v) is 21.0. The highest BCUT2D eigenvalue weighted by molar-refractivity contribution is 5.65. The largest absolute Gasteiger partial charge is 0.379 e. The fourth-order valence-corrected chi connectivity index (χ4v) is 5.22. The Bertz CT molecular complexity index is 1110. The van der Waals surface area contributed by atoms with Crippen molar-refractivity contribution in [1.29, 1.82) is 0 Å². The minimum atomic E-state index is 0.478. The van der Waals surface area contributed by atoms with E-state index in [0.29, 0.717) is 12.0 Å². The molecule has 2 aromatic heterocycles. The number of hydrogen-bond acceptors (Lipinski definition) is 8. The Morgan fingerprint density at radius 1 is 1.17 bits per heavy atom. The van der Waals surface area contributed by atoms with Crippen molar-refractivity contribution in [3.05, 3.63) is 53.3 Å². The molecule has 1 aromatic carbocycles. The summed E-state index contributed by atoms with van der Waals surface area (Å²) in [6, 6.07) is 8.92. The van der Waals surface area contributed by atoms with E-state index in [4.69, 9.17) is 24.9 Å². The van der Waals surface area contributed by atoms with Crippen molar-refractivity contribution in [2.45, 2.75) is 52.0 Å². The van der Waals surface area contributed by atoms with Gasteiger partial charge in [0.2, 0.25) is 5.95 Å². The molecule has 1 aliphatic carbocycles. The molecule has 10 nitrogen and oxygen atoms in total. The van der Waals surface area contributed by atoms with Crippen LogP contribution in [0.2, 0.25) is 0 Å². The van der Waals surface area contributed by atoms with Gasteiger partial charge in [0.05, 0.1) is 31.1 Å². The molecule has 1 unspecified atom stereocenters. The number of nitrogens with zero attached hydrogens (tertiary/aromatic N) is 6. The Kier molecular flexibility index (Phi) is 8.83. The van der Waals surface area contributed by atoms with Crippen LogP contribution in [0.4, 0.5) is 17.3 Å². The average molecular weight is 494 g/mol. The monoisotopic (exact) mass is 493 g/mol. The average Bonchev–Trinajstić information content (AvgIpc) is 3.61. The van der Waals surface area contributed by atoms with Crippen molar-refractivity contribution < 1.29 is 9.94 Å². The number of aromatic nitrogens is 4. The van der Waals surface area contributed by atoms with Crippen LogP contribution in [-0.4, -0.2) is 51.3 Å². The zero-order valence-electron chi connectivity index (χ0n) is 21.0. The van der Waals surface area contributed by atoms with Gasteiger partial charge in [-0.25, -0.2) is 9.97 Å². The molecular formula is C26H35N7O3. The third-order valence-corrected chi connectivity index (χ3v) is 7.05. The second kappa shape index (κ2) is 12.4. The van der Waals surface area contributed by atoms with Gasteiger partial charge < -0.3 is 20.2 Å².